The quantitative estimate of drug-likeness (QED) is 0.0838. The second-order valence-electron chi connectivity index (χ2n) is 10.7. The van der Waals surface area contributed by atoms with Crippen molar-refractivity contribution in [2.45, 2.75) is 66.3 Å². The van der Waals surface area contributed by atoms with E-state index in [2.05, 4.69) is 140 Å². The molecule has 0 saturated carbocycles. The molecule has 0 saturated heterocycles. The number of aryl methyl sites for hydroxylation is 2. The Bertz CT molecular complexity index is 1220. The van der Waals surface area contributed by atoms with Crippen molar-refractivity contribution in [2.24, 2.45) is 5.92 Å². The second kappa shape index (κ2) is 30.6. The molecular weight excluding hydrogens is 644 g/mol. The van der Waals surface area contributed by atoms with Gasteiger partial charge in [0, 0.05) is 0 Å². The molecule has 0 heterocycles. The SMILES string of the molecule is Cc1cc(O[Si](C)(C)C(C)(C)C)cc(C)c1[C](=[Cr])OCCOCC#CC(C)COCc1ccccc1.[C-]#[O+].[C-]#[O+].[C-]#[O+].[C-]#[O+].[C-]#[O+]. The van der Waals surface area contributed by atoms with Crippen LogP contribution in [0.1, 0.15) is 49.9 Å². The van der Waals surface area contributed by atoms with E-state index in [1.165, 1.54) is 5.56 Å². The van der Waals surface area contributed by atoms with E-state index in [0.717, 1.165) is 27.0 Å². The Morgan fingerprint density at radius 3 is 1.83 bits per heavy atom. The monoisotopic (exact) mass is 686 g/mol. The third-order valence-electron chi connectivity index (χ3n) is 6.35. The zero-order chi connectivity index (χ0) is 36.8. The van der Waals surface area contributed by atoms with E-state index in [9.17, 15) is 0 Å². The van der Waals surface area contributed by atoms with Crippen molar-refractivity contribution >= 4 is 12.9 Å². The minimum atomic E-state index is -1.88. The average molecular weight is 687 g/mol. The topological polar surface area (TPSA) is 136 Å². The summed E-state index contributed by atoms with van der Waals surface area (Å²) in [5.74, 6) is 7.35. The maximum absolute atomic E-state index is 7.50. The standard InChI is InChI=1S/C30H42O4Si.5CO.Cr/c1-24(21-33-22-27-14-10-9-11-15-27)13-12-16-31-17-18-32-23-29-25(2)19-28(20-26(29)3)34-35(7,8)30(4,5)6;5*1-2;/h9-11,14-15,19-20,24H,16-18,21-22H2,1-8H3;;;;;;. The summed E-state index contributed by atoms with van der Waals surface area (Å²) in [7, 11) is -1.88. The Labute approximate surface area is 284 Å². The second-order valence-corrected chi connectivity index (χ2v) is 16.0. The van der Waals surface area contributed by atoms with Crippen LogP contribution >= 0.6 is 0 Å². The van der Waals surface area contributed by atoms with Gasteiger partial charge < -0.3 is 0 Å². The van der Waals surface area contributed by atoms with Gasteiger partial charge in [-0.05, 0) is 5.56 Å². The first kappa shape index (κ1) is 49.9. The van der Waals surface area contributed by atoms with Crippen LogP contribution in [-0.4, -0.2) is 39.3 Å². The summed E-state index contributed by atoms with van der Waals surface area (Å²) in [4.78, 5) is 0. The number of ether oxygens (including phenoxy) is 3. The first-order chi connectivity index (χ1) is 21.9. The van der Waals surface area contributed by atoms with Crippen molar-refractivity contribution in [1.29, 1.82) is 0 Å². The van der Waals surface area contributed by atoms with Crippen molar-refractivity contribution in [3.8, 4) is 17.6 Å². The molecule has 2 aromatic rings. The average Bonchev–Trinajstić information content (AvgIpc) is 3.05. The van der Waals surface area contributed by atoms with Crippen LogP contribution in [0, 0.1) is 64.9 Å². The van der Waals surface area contributed by atoms with Gasteiger partial charge in [0.05, 0.1) is 0 Å². The molecule has 1 unspecified atom stereocenters. The maximum atomic E-state index is 7.50. The third kappa shape index (κ3) is 21.7. The normalized spacial score (nSPS) is 10.0. The zero-order valence-electron chi connectivity index (χ0n) is 27.7. The van der Waals surface area contributed by atoms with Crippen molar-refractivity contribution in [3.63, 3.8) is 0 Å². The molecular formula is C35H42CrO9Si. The first-order valence-corrected chi connectivity index (χ1v) is 17.1. The Morgan fingerprint density at radius 2 is 1.35 bits per heavy atom. The van der Waals surface area contributed by atoms with Crippen molar-refractivity contribution in [2.75, 3.05) is 26.4 Å². The molecule has 11 heteroatoms. The molecule has 0 aliphatic carbocycles. The van der Waals surface area contributed by atoms with Gasteiger partial charge in [-0.3, -0.25) is 0 Å². The van der Waals surface area contributed by atoms with Crippen molar-refractivity contribution in [3.05, 3.63) is 98.0 Å². The molecule has 0 amide bonds. The van der Waals surface area contributed by atoms with E-state index >= 15 is 0 Å². The van der Waals surface area contributed by atoms with Crippen LogP contribution in [0.2, 0.25) is 18.1 Å². The van der Waals surface area contributed by atoms with Gasteiger partial charge in [-0.1, -0.05) is 30.3 Å². The van der Waals surface area contributed by atoms with E-state index in [1.54, 1.807) is 0 Å². The summed E-state index contributed by atoms with van der Waals surface area (Å²) in [6, 6.07) is 14.4. The summed E-state index contributed by atoms with van der Waals surface area (Å²) in [5.41, 5.74) is 4.52. The van der Waals surface area contributed by atoms with Gasteiger partial charge in [-0.15, -0.1) is 0 Å². The molecule has 0 N–H and O–H groups in total. The summed E-state index contributed by atoms with van der Waals surface area (Å²) >= 11 is 3.08. The summed E-state index contributed by atoms with van der Waals surface area (Å²) in [6.45, 7) is 42.6. The Morgan fingerprint density at radius 1 is 0.848 bits per heavy atom. The number of hydrogen-bond acceptors (Lipinski definition) is 4. The zero-order valence-corrected chi connectivity index (χ0v) is 30.0. The predicted octanol–water partition coefficient (Wildman–Crippen LogP) is 6.41. The Hall–Kier alpha value is -3.00. The molecule has 9 nitrogen and oxygen atoms in total. The van der Waals surface area contributed by atoms with Crippen molar-refractivity contribution < 1.29 is 57.7 Å². The van der Waals surface area contributed by atoms with Gasteiger partial charge in [-0.25, -0.2) is 0 Å². The van der Waals surface area contributed by atoms with Gasteiger partial charge in [0.1, 0.15) is 0 Å². The van der Waals surface area contributed by atoms with E-state index in [0.29, 0.717) is 33.0 Å². The Balaban J connectivity index is -0.000000801. The third-order valence-corrected chi connectivity index (χ3v) is 11.2. The summed E-state index contributed by atoms with van der Waals surface area (Å²) in [5, 5.41) is 0.158. The molecule has 2 aromatic carbocycles. The molecule has 0 aliphatic rings. The van der Waals surface area contributed by atoms with Crippen LogP contribution < -0.4 is 4.43 Å². The van der Waals surface area contributed by atoms with Crippen molar-refractivity contribution in [1.82, 2.24) is 0 Å². The molecule has 246 valence electrons. The van der Waals surface area contributed by atoms with Gasteiger partial charge in [0.2, 0.25) is 0 Å². The molecule has 0 fully saturated rings. The number of benzene rings is 2. The van der Waals surface area contributed by atoms with Gasteiger partial charge in [0.25, 0.3) is 0 Å². The van der Waals surface area contributed by atoms with Gasteiger partial charge in [0.15, 0.2) is 0 Å². The molecule has 0 spiro atoms. The molecule has 1 atom stereocenters. The fourth-order valence-electron chi connectivity index (χ4n) is 3.33. The Kier molecular flexibility index (Phi) is 33.2. The molecule has 46 heavy (non-hydrogen) atoms. The van der Waals surface area contributed by atoms with E-state index in [4.69, 9.17) is 41.9 Å². The predicted molar refractivity (Wildman–Crippen MR) is 167 cm³/mol. The fourth-order valence-corrected chi connectivity index (χ4v) is 4.97. The summed E-state index contributed by atoms with van der Waals surface area (Å²) < 4.78 is 62.1. The molecule has 0 bridgehead atoms. The van der Waals surface area contributed by atoms with Crippen LogP contribution in [0.5, 0.6) is 5.75 Å². The van der Waals surface area contributed by atoms with E-state index < -0.39 is 8.32 Å². The van der Waals surface area contributed by atoms with Crippen LogP contribution in [0.15, 0.2) is 42.5 Å². The molecule has 0 aromatic heterocycles. The summed E-state index contributed by atoms with van der Waals surface area (Å²) in [6.07, 6.45) is 0. The van der Waals surface area contributed by atoms with E-state index in [1.807, 2.05) is 18.2 Å². The molecule has 0 aliphatic heterocycles. The van der Waals surface area contributed by atoms with Gasteiger partial charge >= 0.3 is 249 Å². The molecule has 2 rings (SSSR count). The molecule has 0 radical (unpaired) electrons. The number of rotatable bonds is 12. The first-order valence-electron chi connectivity index (χ1n) is 13.6. The minimum absolute atomic E-state index is 0.158. The van der Waals surface area contributed by atoms with Crippen LogP contribution in [0.25, 0.3) is 0 Å². The van der Waals surface area contributed by atoms with Crippen LogP contribution in [0.3, 0.4) is 0 Å². The van der Waals surface area contributed by atoms with Gasteiger partial charge in [-0.2, -0.15) is 0 Å². The van der Waals surface area contributed by atoms with E-state index in [-0.39, 0.29) is 11.0 Å². The fraction of sp³-hybridized carbons (Fsp3) is 0.429. The number of hydrogen-bond donors (Lipinski definition) is 0. The van der Waals surface area contributed by atoms with Crippen LogP contribution in [-0.2, 0) is 59.9 Å². The van der Waals surface area contributed by atoms with Crippen LogP contribution in [0.4, 0.5) is 0 Å².